The molecule has 0 aliphatic rings. The highest BCUT2D eigenvalue weighted by Gasteiger charge is 2.16. The smallest absolute Gasteiger partial charge is 0.408 e. The first-order chi connectivity index (χ1) is 10.3. The van der Waals surface area contributed by atoms with Crippen LogP contribution in [0.5, 0.6) is 0 Å². The van der Waals surface area contributed by atoms with Crippen molar-refractivity contribution in [2.45, 2.75) is 26.4 Å². The summed E-state index contributed by atoms with van der Waals surface area (Å²) in [5.74, 6) is -0.304. The maximum atomic E-state index is 11.9. The fraction of sp³-hybridized carbons (Fsp3) is 0.294. The number of alkyl carbamates (subject to hydrolysis) is 1. The van der Waals surface area contributed by atoms with Crippen LogP contribution in [0, 0.1) is 0 Å². The normalized spacial score (nSPS) is 11.0. The number of hydrogen-bond donors (Lipinski definition) is 2. The Hall–Kier alpha value is -2.56. The van der Waals surface area contributed by atoms with E-state index >= 15 is 0 Å². The summed E-state index contributed by atoms with van der Waals surface area (Å²) in [6.45, 7) is 5.16. The number of fused-ring (bicyclic) bond motifs is 1. The fourth-order valence-electron chi connectivity index (χ4n) is 2.00. The molecule has 0 radical (unpaired) electrons. The molecule has 0 saturated carbocycles. The van der Waals surface area contributed by atoms with Crippen LogP contribution in [0.25, 0.3) is 10.8 Å². The van der Waals surface area contributed by atoms with Gasteiger partial charge in [-0.25, -0.2) is 4.79 Å². The molecule has 0 spiro atoms. The summed E-state index contributed by atoms with van der Waals surface area (Å²) in [7, 11) is 0. The quantitative estimate of drug-likeness (QED) is 0.914. The van der Waals surface area contributed by atoms with Crippen LogP contribution in [0.4, 0.5) is 10.5 Å². The second kappa shape index (κ2) is 6.47. The summed E-state index contributed by atoms with van der Waals surface area (Å²) in [5.41, 5.74) is 0.130. The van der Waals surface area contributed by atoms with Crippen LogP contribution in [-0.2, 0) is 9.53 Å². The van der Waals surface area contributed by atoms with E-state index in [4.69, 9.17) is 4.74 Å². The van der Waals surface area contributed by atoms with Gasteiger partial charge < -0.3 is 15.4 Å². The van der Waals surface area contributed by atoms with Crippen molar-refractivity contribution in [1.82, 2.24) is 5.32 Å². The number of carbonyl (C=O) groups excluding carboxylic acids is 2. The molecule has 0 aromatic heterocycles. The largest absolute Gasteiger partial charge is 0.444 e. The minimum atomic E-state index is -0.611. The number of nitrogens with one attached hydrogen (secondary N) is 2. The number of ether oxygens (including phenoxy) is 1. The Morgan fingerprint density at radius 3 is 2.45 bits per heavy atom. The van der Waals surface area contributed by atoms with Crippen molar-refractivity contribution in [3.63, 3.8) is 0 Å². The van der Waals surface area contributed by atoms with E-state index in [1.54, 1.807) is 20.8 Å². The molecule has 2 N–H and O–H groups in total. The van der Waals surface area contributed by atoms with E-state index in [0.717, 1.165) is 10.8 Å². The molecule has 2 amide bonds. The number of hydrogen-bond acceptors (Lipinski definition) is 3. The molecule has 0 heterocycles. The Morgan fingerprint density at radius 2 is 1.73 bits per heavy atom. The molecule has 5 heteroatoms. The molecule has 5 nitrogen and oxygen atoms in total. The standard InChI is InChI=1S/C17H20N2O3/c1-17(2,3)22-16(21)18-11-15(20)19-14-10-6-8-12-7-4-5-9-13(12)14/h4-10H,11H2,1-3H3,(H,18,21)(H,19,20). The molecule has 0 fully saturated rings. The third-order valence-electron chi connectivity index (χ3n) is 2.86. The van der Waals surface area contributed by atoms with Crippen LogP contribution < -0.4 is 10.6 Å². The van der Waals surface area contributed by atoms with Crippen LogP contribution in [0.15, 0.2) is 42.5 Å². The Kier molecular flexibility index (Phi) is 4.65. The van der Waals surface area contributed by atoms with Crippen LogP contribution in [0.3, 0.4) is 0 Å². The first kappa shape index (κ1) is 15.8. The first-order valence-corrected chi connectivity index (χ1v) is 7.09. The Bertz CT molecular complexity index is 684. The lowest BCUT2D eigenvalue weighted by atomic mass is 10.1. The van der Waals surface area contributed by atoms with E-state index in [0.29, 0.717) is 5.69 Å². The predicted molar refractivity (Wildman–Crippen MR) is 86.8 cm³/mol. The van der Waals surface area contributed by atoms with E-state index in [2.05, 4.69) is 10.6 Å². The highest BCUT2D eigenvalue weighted by atomic mass is 16.6. The Labute approximate surface area is 129 Å². The third-order valence-corrected chi connectivity index (χ3v) is 2.86. The van der Waals surface area contributed by atoms with E-state index < -0.39 is 11.7 Å². The van der Waals surface area contributed by atoms with E-state index in [1.807, 2.05) is 42.5 Å². The van der Waals surface area contributed by atoms with Crippen LogP contribution >= 0.6 is 0 Å². The number of rotatable bonds is 3. The van der Waals surface area contributed by atoms with E-state index in [1.165, 1.54) is 0 Å². The zero-order chi connectivity index (χ0) is 16.2. The van der Waals surface area contributed by atoms with Gasteiger partial charge in [0.05, 0.1) is 0 Å². The van der Waals surface area contributed by atoms with Crippen molar-refractivity contribution in [3.8, 4) is 0 Å². The van der Waals surface area contributed by atoms with Crippen LogP contribution in [-0.4, -0.2) is 24.1 Å². The van der Waals surface area contributed by atoms with Gasteiger partial charge in [0.15, 0.2) is 0 Å². The van der Waals surface area contributed by atoms with Crippen molar-refractivity contribution in [1.29, 1.82) is 0 Å². The van der Waals surface area contributed by atoms with Crippen molar-refractivity contribution >= 4 is 28.5 Å². The van der Waals surface area contributed by atoms with Gasteiger partial charge in [0, 0.05) is 11.1 Å². The molecular weight excluding hydrogens is 280 g/mol. The molecule has 2 aromatic rings. The first-order valence-electron chi connectivity index (χ1n) is 7.09. The van der Waals surface area contributed by atoms with Gasteiger partial charge in [0.2, 0.25) is 5.91 Å². The highest BCUT2D eigenvalue weighted by Crippen LogP contribution is 2.22. The number of carbonyl (C=O) groups is 2. The average molecular weight is 300 g/mol. The molecule has 0 unspecified atom stereocenters. The zero-order valence-electron chi connectivity index (χ0n) is 13.0. The summed E-state index contributed by atoms with van der Waals surface area (Å²) in [6, 6.07) is 13.4. The second-order valence-electron chi connectivity index (χ2n) is 5.93. The van der Waals surface area contributed by atoms with Crippen molar-refractivity contribution in [2.75, 3.05) is 11.9 Å². The molecule has 22 heavy (non-hydrogen) atoms. The SMILES string of the molecule is CC(C)(C)OC(=O)NCC(=O)Nc1cccc2ccccc12. The lowest BCUT2D eigenvalue weighted by Crippen LogP contribution is -2.37. The molecule has 0 aliphatic carbocycles. The lowest BCUT2D eigenvalue weighted by molar-refractivity contribution is -0.115. The summed E-state index contributed by atoms with van der Waals surface area (Å²) >= 11 is 0. The third kappa shape index (κ3) is 4.48. The summed E-state index contributed by atoms with van der Waals surface area (Å²) in [5, 5.41) is 7.22. The van der Waals surface area contributed by atoms with E-state index in [9.17, 15) is 9.59 Å². The number of anilines is 1. The molecule has 0 bridgehead atoms. The topological polar surface area (TPSA) is 67.4 Å². The minimum Gasteiger partial charge on any atom is -0.444 e. The van der Waals surface area contributed by atoms with Crippen LogP contribution in [0.2, 0.25) is 0 Å². The van der Waals surface area contributed by atoms with Gasteiger partial charge in [-0.3, -0.25) is 4.79 Å². The maximum absolute atomic E-state index is 11.9. The van der Waals surface area contributed by atoms with Crippen molar-refractivity contribution in [3.05, 3.63) is 42.5 Å². The van der Waals surface area contributed by atoms with Gasteiger partial charge in [-0.15, -0.1) is 0 Å². The molecule has 0 saturated heterocycles. The van der Waals surface area contributed by atoms with Crippen LogP contribution in [0.1, 0.15) is 20.8 Å². The van der Waals surface area contributed by atoms with Gasteiger partial charge in [-0.2, -0.15) is 0 Å². The molecule has 116 valence electrons. The number of amides is 2. The van der Waals surface area contributed by atoms with Gasteiger partial charge in [0.1, 0.15) is 12.1 Å². The predicted octanol–water partition coefficient (Wildman–Crippen LogP) is 3.30. The van der Waals surface area contributed by atoms with Crippen molar-refractivity contribution < 1.29 is 14.3 Å². The van der Waals surface area contributed by atoms with E-state index in [-0.39, 0.29) is 12.5 Å². The fourth-order valence-corrected chi connectivity index (χ4v) is 2.00. The Balaban J connectivity index is 1.96. The Morgan fingerprint density at radius 1 is 1.05 bits per heavy atom. The summed E-state index contributed by atoms with van der Waals surface area (Å²) in [4.78, 5) is 23.5. The van der Waals surface area contributed by atoms with Gasteiger partial charge in [-0.1, -0.05) is 36.4 Å². The monoisotopic (exact) mass is 300 g/mol. The number of benzene rings is 2. The zero-order valence-corrected chi connectivity index (χ0v) is 13.0. The molecule has 0 aliphatic heterocycles. The molecular formula is C17H20N2O3. The average Bonchev–Trinajstić information content (AvgIpc) is 2.44. The summed E-state index contributed by atoms with van der Waals surface area (Å²) in [6.07, 6.45) is -0.611. The molecule has 0 atom stereocenters. The molecule has 2 aromatic carbocycles. The van der Waals surface area contributed by atoms with Gasteiger partial charge in [0.25, 0.3) is 0 Å². The second-order valence-corrected chi connectivity index (χ2v) is 5.93. The van der Waals surface area contributed by atoms with Gasteiger partial charge >= 0.3 is 6.09 Å². The lowest BCUT2D eigenvalue weighted by Gasteiger charge is -2.19. The molecule has 2 rings (SSSR count). The highest BCUT2D eigenvalue weighted by molar-refractivity contribution is 6.03. The van der Waals surface area contributed by atoms with Crippen molar-refractivity contribution in [2.24, 2.45) is 0 Å². The summed E-state index contributed by atoms with van der Waals surface area (Å²) < 4.78 is 5.08. The minimum absolute atomic E-state index is 0.141. The van der Waals surface area contributed by atoms with Gasteiger partial charge in [-0.05, 0) is 32.2 Å². The maximum Gasteiger partial charge on any atom is 0.408 e.